The molecule has 0 aromatic heterocycles. The van der Waals surface area contributed by atoms with E-state index in [2.05, 4.69) is 6.92 Å². The normalized spacial score (nSPS) is 15.8. The number of hydrogen-bond acceptors (Lipinski definition) is 3. The highest BCUT2D eigenvalue weighted by Crippen LogP contribution is 2.53. The summed E-state index contributed by atoms with van der Waals surface area (Å²) in [5.41, 5.74) is 0. The third kappa shape index (κ3) is 9.95. The largest absolute Gasteiger partial charge is 0.503 e. The van der Waals surface area contributed by atoms with E-state index in [1.165, 1.54) is 0 Å². The van der Waals surface area contributed by atoms with E-state index in [4.69, 9.17) is 8.74 Å². The van der Waals surface area contributed by atoms with E-state index in [0.29, 0.717) is 6.42 Å². The molecule has 0 fully saturated rings. The summed E-state index contributed by atoms with van der Waals surface area (Å²) >= 11 is 0. The quantitative estimate of drug-likeness (QED) is 0.310. The summed E-state index contributed by atoms with van der Waals surface area (Å²) in [5.74, 6) is 0. The Balaban J connectivity index is 4.04. The second-order valence-electron chi connectivity index (χ2n) is 4.93. The minimum atomic E-state index is -4.33. The van der Waals surface area contributed by atoms with Crippen molar-refractivity contribution in [3.05, 3.63) is 0 Å². The Morgan fingerprint density at radius 1 is 1.12 bits per heavy atom. The van der Waals surface area contributed by atoms with E-state index in [1.807, 2.05) is 20.0 Å². The predicted molar refractivity (Wildman–Crippen MR) is 72.5 cm³/mol. The minimum absolute atomic E-state index is 0.170. The van der Waals surface area contributed by atoms with Crippen molar-refractivity contribution >= 4 is 16.2 Å². The molecular formula is C11H26FO3PSi. The van der Waals surface area contributed by atoms with Gasteiger partial charge >= 0.3 is 7.91 Å². The molecule has 0 N–H and O–H groups in total. The lowest BCUT2D eigenvalue weighted by molar-refractivity contribution is 0.227. The zero-order chi connectivity index (χ0) is 13.4. The lowest BCUT2D eigenvalue weighted by atomic mass is 10.3. The summed E-state index contributed by atoms with van der Waals surface area (Å²) in [4.78, 5) is 0. The van der Waals surface area contributed by atoms with Gasteiger partial charge in [0.1, 0.15) is 0 Å². The van der Waals surface area contributed by atoms with Crippen molar-refractivity contribution in [1.29, 1.82) is 0 Å². The first-order valence-corrected chi connectivity index (χ1v) is 11.0. The molecule has 104 valence electrons. The van der Waals surface area contributed by atoms with Crippen LogP contribution in [0.3, 0.4) is 0 Å². The Morgan fingerprint density at radius 2 is 1.71 bits per heavy atom. The van der Waals surface area contributed by atoms with Crippen molar-refractivity contribution < 1.29 is 17.5 Å². The van der Waals surface area contributed by atoms with Gasteiger partial charge in [0.25, 0.3) is 0 Å². The molecule has 1 atom stereocenters. The Hall–Kier alpha value is 0.297. The van der Waals surface area contributed by atoms with Crippen molar-refractivity contribution in [3.8, 4) is 0 Å². The van der Waals surface area contributed by atoms with Crippen molar-refractivity contribution in [2.45, 2.75) is 65.1 Å². The maximum absolute atomic E-state index is 13.6. The highest BCUT2D eigenvalue weighted by atomic mass is 31.2. The number of rotatable bonds is 10. The standard InChI is InChI=1S/C11H26FO3PSi/c1-5-7-9-11-17(3,4)15-16(12,13)14-10-8-6-2/h5-11H2,1-4H3. The maximum Gasteiger partial charge on any atom is 0.503 e. The van der Waals surface area contributed by atoms with Gasteiger partial charge in [0.2, 0.25) is 8.32 Å². The predicted octanol–water partition coefficient (Wildman–Crippen LogP) is 5.29. The van der Waals surface area contributed by atoms with Crippen molar-refractivity contribution in [2.24, 2.45) is 0 Å². The summed E-state index contributed by atoms with van der Waals surface area (Å²) in [6.07, 6.45) is 4.81. The van der Waals surface area contributed by atoms with Gasteiger partial charge in [-0.05, 0) is 25.6 Å². The fraction of sp³-hybridized carbons (Fsp3) is 1.00. The molecule has 0 aliphatic heterocycles. The van der Waals surface area contributed by atoms with Crippen LogP contribution in [-0.2, 0) is 13.3 Å². The van der Waals surface area contributed by atoms with E-state index in [-0.39, 0.29) is 6.61 Å². The van der Waals surface area contributed by atoms with Crippen LogP contribution in [-0.4, -0.2) is 14.9 Å². The van der Waals surface area contributed by atoms with Crippen molar-refractivity contribution in [3.63, 3.8) is 0 Å². The summed E-state index contributed by atoms with van der Waals surface area (Å²) < 4.78 is 34.9. The highest BCUT2D eigenvalue weighted by molar-refractivity contribution is 7.49. The van der Waals surface area contributed by atoms with Crippen LogP contribution in [0, 0.1) is 0 Å². The van der Waals surface area contributed by atoms with Crippen molar-refractivity contribution in [2.75, 3.05) is 6.61 Å². The lowest BCUT2D eigenvalue weighted by Gasteiger charge is -2.24. The first kappa shape index (κ1) is 17.3. The Bertz CT molecular complexity index is 249. The molecule has 0 bridgehead atoms. The van der Waals surface area contributed by atoms with Crippen LogP contribution in [0.25, 0.3) is 0 Å². The topological polar surface area (TPSA) is 35.5 Å². The molecule has 0 spiro atoms. The number of unbranched alkanes of at least 4 members (excludes halogenated alkanes) is 3. The number of hydrogen-bond donors (Lipinski definition) is 0. The van der Waals surface area contributed by atoms with Gasteiger partial charge in [0, 0.05) is 0 Å². The average molecular weight is 284 g/mol. The third-order valence-electron chi connectivity index (χ3n) is 2.48. The Labute approximate surface area is 106 Å². The molecule has 17 heavy (non-hydrogen) atoms. The second kappa shape index (κ2) is 8.41. The first-order valence-electron chi connectivity index (χ1n) is 6.48. The fourth-order valence-electron chi connectivity index (χ4n) is 1.49. The molecule has 6 heteroatoms. The lowest BCUT2D eigenvalue weighted by Crippen LogP contribution is -2.28. The smallest absolute Gasteiger partial charge is 0.326 e. The van der Waals surface area contributed by atoms with Crippen molar-refractivity contribution in [1.82, 2.24) is 0 Å². The molecule has 3 nitrogen and oxygen atoms in total. The molecule has 0 saturated carbocycles. The molecule has 0 heterocycles. The Kier molecular flexibility index (Phi) is 8.55. The van der Waals surface area contributed by atoms with E-state index < -0.39 is 16.2 Å². The summed E-state index contributed by atoms with van der Waals surface area (Å²) in [7, 11) is -6.53. The molecule has 0 aliphatic rings. The van der Waals surface area contributed by atoms with Crippen LogP contribution in [0.15, 0.2) is 0 Å². The first-order chi connectivity index (χ1) is 7.83. The zero-order valence-electron chi connectivity index (χ0n) is 11.5. The summed E-state index contributed by atoms with van der Waals surface area (Å²) in [5, 5.41) is 0. The summed E-state index contributed by atoms with van der Waals surface area (Å²) in [6.45, 7) is 8.03. The van der Waals surface area contributed by atoms with Crippen LogP contribution in [0.1, 0.15) is 46.0 Å². The molecule has 0 radical (unpaired) electrons. The monoisotopic (exact) mass is 284 g/mol. The van der Waals surface area contributed by atoms with E-state index in [0.717, 1.165) is 31.7 Å². The molecule has 0 saturated heterocycles. The molecule has 0 aliphatic carbocycles. The second-order valence-corrected chi connectivity index (χ2v) is 10.8. The number of halogens is 1. The molecular weight excluding hydrogens is 258 g/mol. The highest BCUT2D eigenvalue weighted by Gasteiger charge is 2.35. The van der Waals surface area contributed by atoms with Crippen LogP contribution >= 0.6 is 7.91 Å². The van der Waals surface area contributed by atoms with Gasteiger partial charge in [0.05, 0.1) is 6.61 Å². The molecule has 0 aromatic rings. The van der Waals surface area contributed by atoms with Crippen LogP contribution < -0.4 is 0 Å². The van der Waals surface area contributed by atoms with E-state index in [9.17, 15) is 8.76 Å². The third-order valence-corrected chi connectivity index (χ3v) is 7.38. The zero-order valence-corrected chi connectivity index (χ0v) is 13.4. The van der Waals surface area contributed by atoms with Gasteiger partial charge in [-0.3, -0.25) is 4.52 Å². The fourth-order valence-corrected chi connectivity index (χ4v) is 5.87. The van der Waals surface area contributed by atoms with Gasteiger partial charge in [-0.25, -0.2) is 4.57 Å². The van der Waals surface area contributed by atoms with Crippen LogP contribution in [0.4, 0.5) is 4.20 Å². The van der Waals surface area contributed by atoms with Crippen LogP contribution in [0.5, 0.6) is 0 Å². The van der Waals surface area contributed by atoms with Gasteiger partial charge in [-0.2, -0.15) is 0 Å². The molecule has 0 rings (SSSR count). The van der Waals surface area contributed by atoms with Gasteiger partial charge in [-0.15, -0.1) is 4.20 Å². The Morgan fingerprint density at radius 3 is 2.24 bits per heavy atom. The van der Waals surface area contributed by atoms with Gasteiger partial charge in [-0.1, -0.05) is 39.5 Å². The SMILES string of the molecule is CCCCC[Si](C)(C)OP(=O)(F)OCCCC. The van der Waals surface area contributed by atoms with Crippen LogP contribution in [0.2, 0.25) is 19.1 Å². The summed E-state index contributed by atoms with van der Waals surface area (Å²) in [6, 6.07) is 0.825. The van der Waals surface area contributed by atoms with Gasteiger partial charge in [0.15, 0.2) is 0 Å². The van der Waals surface area contributed by atoms with Gasteiger partial charge < -0.3 is 4.21 Å². The minimum Gasteiger partial charge on any atom is -0.326 e. The van der Waals surface area contributed by atoms with E-state index in [1.54, 1.807) is 0 Å². The molecule has 0 aromatic carbocycles. The van der Waals surface area contributed by atoms with E-state index >= 15 is 0 Å². The average Bonchev–Trinajstić information content (AvgIpc) is 2.16. The maximum atomic E-state index is 13.6. The molecule has 1 unspecified atom stereocenters. The molecule has 0 amide bonds.